The molecule has 0 aromatic carbocycles. The summed E-state index contributed by atoms with van der Waals surface area (Å²) in [4.78, 5) is 52.5. The van der Waals surface area contributed by atoms with Crippen molar-refractivity contribution in [2.75, 3.05) is 32.7 Å². The highest BCUT2D eigenvalue weighted by Crippen LogP contribution is 2.23. The average molecular weight is 623 g/mol. The lowest BCUT2D eigenvalue weighted by Gasteiger charge is -2.25. The van der Waals surface area contributed by atoms with Gasteiger partial charge in [-0.25, -0.2) is 0 Å². The zero-order valence-electron chi connectivity index (χ0n) is 28.5. The Morgan fingerprint density at radius 3 is 1.68 bits per heavy atom. The van der Waals surface area contributed by atoms with Crippen LogP contribution in [0.3, 0.4) is 0 Å². The normalized spacial score (nSPS) is 13.4. The van der Waals surface area contributed by atoms with Gasteiger partial charge in [-0.2, -0.15) is 0 Å². The summed E-state index contributed by atoms with van der Waals surface area (Å²) in [6.45, 7) is 8.48. The number of nitrogens with zero attached hydrogens (tertiary/aromatic N) is 2. The van der Waals surface area contributed by atoms with Crippen molar-refractivity contribution in [1.29, 1.82) is 0 Å². The van der Waals surface area contributed by atoms with Gasteiger partial charge in [0, 0.05) is 32.4 Å². The summed E-state index contributed by atoms with van der Waals surface area (Å²) in [5.41, 5.74) is 0. The van der Waals surface area contributed by atoms with Gasteiger partial charge in [-0.15, -0.1) is 0 Å². The van der Waals surface area contributed by atoms with E-state index < -0.39 is 11.9 Å². The molecule has 0 atom stereocenters. The number of hydrogen-bond acceptors (Lipinski definition) is 6. The van der Waals surface area contributed by atoms with Crippen molar-refractivity contribution in [1.82, 2.24) is 9.80 Å². The van der Waals surface area contributed by atoms with E-state index in [1.807, 2.05) is 4.90 Å². The van der Waals surface area contributed by atoms with Crippen LogP contribution in [-0.4, -0.2) is 71.4 Å². The van der Waals surface area contributed by atoms with Gasteiger partial charge in [0.2, 0.25) is 5.91 Å². The molecule has 256 valence electrons. The molecule has 44 heavy (non-hydrogen) atoms. The molecule has 1 heterocycles. The van der Waals surface area contributed by atoms with Crippen LogP contribution in [-0.2, 0) is 23.9 Å². The van der Waals surface area contributed by atoms with Gasteiger partial charge in [0.25, 0.3) is 0 Å². The first kappa shape index (κ1) is 40.1. The van der Waals surface area contributed by atoms with Crippen molar-refractivity contribution >= 4 is 23.8 Å². The summed E-state index contributed by atoms with van der Waals surface area (Å²) < 4.78 is 5.12. The first-order valence-corrected chi connectivity index (χ1v) is 18.3. The van der Waals surface area contributed by atoms with Crippen molar-refractivity contribution in [2.24, 2.45) is 5.92 Å². The minimum Gasteiger partial charge on any atom is -0.481 e. The molecule has 0 unspecified atom stereocenters. The van der Waals surface area contributed by atoms with Crippen LogP contribution in [0.1, 0.15) is 168 Å². The van der Waals surface area contributed by atoms with E-state index in [-0.39, 0.29) is 24.7 Å². The van der Waals surface area contributed by atoms with Gasteiger partial charge in [0.05, 0.1) is 6.54 Å². The van der Waals surface area contributed by atoms with Crippen LogP contribution in [0.15, 0.2) is 0 Å². The number of carbonyl (C=O) groups is 4. The summed E-state index contributed by atoms with van der Waals surface area (Å²) in [6.07, 6.45) is 22.9. The molecule has 1 fully saturated rings. The number of ether oxygens (including phenoxy) is 1. The second-order valence-corrected chi connectivity index (χ2v) is 13.0. The molecule has 0 radical (unpaired) electrons. The maximum atomic E-state index is 13.0. The Kier molecular flexibility index (Phi) is 24.9. The number of aliphatic carboxylic acids is 1. The van der Waals surface area contributed by atoms with Crippen LogP contribution in [0.25, 0.3) is 0 Å². The number of carbonyl (C=O) groups excluding carboxylic acids is 3. The molecule has 1 aliphatic heterocycles. The fourth-order valence-electron chi connectivity index (χ4n) is 6.15. The van der Waals surface area contributed by atoms with Crippen LogP contribution < -0.4 is 0 Å². The van der Waals surface area contributed by atoms with E-state index in [0.29, 0.717) is 18.9 Å². The van der Waals surface area contributed by atoms with Crippen molar-refractivity contribution in [3.8, 4) is 0 Å². The summed E-state index contributed by atoms with van der Waals surface area (Å²) in [6, 6.07) is 0. The zero-order chi connectivity index (χ0) is 32.3. The minimum absolute atomic E-state index is 0.221. The first-order chi connectivity index (χ1) is 21.3. The van der Waals surface area contributed by atoms with E-state index in [2.05, 4.69) is 18.7 Å². The largest absolute Gasteiger partial charge is 0.481 e. The highest BCUT2D eigenvalue weighted by atomic mass is 16.6. The van der Waals surface area contributed by atoms with E-state index in [9.17, 15) is 19.2 Å². The summed E-state index contributed by atoms with van der Waals surface area (Å²) in [7, 11) is 0. The minimum atomic E-state index is -0.733. The van der Waals surface area contributed by atoms with Crippen LogP contribution >= 0.6 is 0 Å². The Hall–Kier alpha value is -1.96. The number of likely N-dealkylation sites (tertiary alicyclic amines) is 1. The topological polar surface area (TPSA) is 104 Å². The summed E-state index contributed by atoms with van der Waals surface area (Å²) >= 11 is 0. The lowest BCUT2D eigenvalue weighted by molar-refractivity contribution is -0.160. The zero-order valence-corrected chi connectivity index (χ0v) is 28.5. The third-order valence-electron chi connectivity index (χ3n) is 8.95. The fourth-order valence-corrected chi connectivity index (χ4v) is 6.15. The molecular formula is C36H66N2O6. The predicted molar refractivity (Wildman–Crippen MR) is 177 cm³/mol. The molecule has 8 heteroatoms. The van der Waals surface area contributed by atoms with Crippen LogP contribution in [0.5, 0.6) is 0 Å². The number of unbranched alkanes of at least 4 members (excludes halogenated alkanes) is 12. The smallest absolute Gasteiger partial charge is 0.313 e. The monoisotopic (exact) mass is 622 g/mol. The standard InChI is InChI=1S/C36H66N2O6/c1-3-5-13-21-32(22-14-6-4-2)25-26-36(43)44-35(42)24-16-10-8-12-18-30-38(33(39)31-37-27-19-20-28-37)29-17-11-7-9-15-23-34(40)41/h32H,3-31H2,1-2H3,(H,40,41). The number of carboxylic acids is 1. The molecule has 1 rings (SSSR count). The Morgan fingerprint density at radius 2 is 1.14 bits per heavy atom. The van der Waals surface area contributed by atoms with E-state index in [1.54, 1.807) is 0 Å². The predicted octanol–water partition coefficient (Wildman–Crippen LogP) is 8.30. The molecule has 0 aliphatic carbocycles. The molecule has 1 saturated heterocycles. The van der Waals surface area contributed by atoms with Gasteiger partial charge in [-0.1, -0.05) is 104 Å². The number of rotatable bonds is 29. The third-order valence-corrected chi connectivity index (χ3v) is 8.95. The molecule has 0 spiro atoms. The summed E-state index contributed by atoms with van der Waals surface area (Å²) in [5, 5.41) is 8.78. The maximum Gasteiger partial charge on any atom is 0.313 e. The quantitative estimate of drug-likeness (QED) is 0.0508. The Morgan fingerprint density at radius 1 is 0.636 bits per heavy atom. The van der Waals surface area contributed by atoms with Crippen molar-refractivity contribution in [2.45, 2.75) is 168 Å². The molecule has 0 saturated carbocycles. The van der Waals surface area contributed by atoms with Gasteiger partial charge in [0.1, 0.15) is 0 Å². The van der Waals surface area contributed by atoms with Gasteiger partial charge in [-0.3, -0.25) is 24.1 Å². The second-order valence-electron chi connectivity index (χ2n) is 13.0. The van der Waals surface area contributed by atoms with Crippen molar-refractivity contribution < 1.29 is 29.0 Å². The number of esters is 2. The van der Waals surface area contributed by atoms with E-state index in [1.165, 1.54) is 64.2 Å². The molecule has 1 amide bonds. The van der Waals surface area contributed by atoms with Crippen molar-refractivity contribution in [3.63, 3.8) is 0 Å². The van der Waals surface area contributed by atoms with Crippen LogP contribution in [0, 0.1) is 5.92 Å². The number of hydrogen-bond donors (Lipinski definition) is 1. The maximum absolute atomic E-state index is 13.0. The van der Waals surface area contributed by atoms with Crippen LogP contribution in [0.4, 0.5) is 0 Å². The SMILES string of the molecule is CCCCCC(CCCCC)CCC(=O)OC(=O)CCCCCCCN(CCCCCCCC(=O)O)C(=O)CN1CCCC1. The van der Waals surface area contributed by atoms with Crippen molar-refractivity contribution in [3.05, 3.63) is 0 Å². The highest BCUT2D eigenvalue weighted by molar-refractivity contribution is 5.85. The van der Waals surface area contributed by atoms with Crippen LogP contribution in [0.2, 0.25) is 0 Å². The summed E-state index contributed by atoms with van der Waals surface area (Å²) in [5.74, 6) is -0.727. The van der Waals surface area contributed by atoms with Gasteiger partial charge in [-0.05, 0) is 64.0 Å². The lowest BCUT2D eigenvalue weighted by Crippen LogP contribution is -2.40. The molecular weight excluding hydrogens is 556 g/mol. The molecule has 0 bridgehead atoms. The Balaban J connectivity index is 2.24. The number of amides is 1. The van der Waals surface area contributed by atoms with E-state index in [4.69, 9.17) is 9.84 Å². The van der Waals surface area contributed by atoms with E-state index >= 15 is 0 Å². The average Bonchev–Trinajstić information content (AvgIpc) is 3.50. The lowest BCUT2D eigenvalue weighted by atomic mass is 9.91. The van der Waals surface area contributed by atoms with Gasteiger partial charge in [0.15, 0.2) is 0 Å². The van der Waals surface area contributed by atoms with Gasteiger partial charge >= 0.3 is 17.9 Å². The Bertz CT molecular complexity index is 758. The first-order valence-electron chi connectivity index (χ1n) is 18.3. The van der Waals surface area contributed by atoms with Gasteiger partial charge < -0.3 is 14.7 Å². The van der Waals surface area contributed by atoms with E-state index in [0.717, 1.165) is 96.8 Å². The Labute approximate surface area is 269 Å². The highest BCUT2D eigenvalue weighted by Gasteiger charge is 2.20. The third kappa shape index (κ3) is 22.5. The molecule has 1 N–H and O–H groups in total. The molecule has 1 aliphatic rings. The number of carboxylic acid groups (broad SMARTS) is 1. The molecule has 0 aromatic heterocycles. The molecule has 0 aromatic rings. The second kappa shape index (κ2) is 27.4. The fraction of sp³-hybridized carbons (Fsp3) is 0.889. The molecule has 8 nitrogen and oxygen atoms in total.